The molecule has 10 heteroatoms. The zero-order valence-electron chi connectivity index (χ0n) is 15.9. The maximum atomic E-state index is 13.8. The Kier molecular flexibility index (Phi) is 8.55. The monoisotopic (exact) mass is 506 g/mol. The smallest absolute Gasteiger partial charge is 0.192 e. The van der Waals surface area contributed by atoms with Crippen LogP contribution >= 0.6 is 24.0 Å². The number of aromatic nitrogens is 3. The first-order valence-electron chi connectivity index (χ1n) is 8.95. The second kappa shape index (κ2) is 10.6. The van der Waals surface area contributed by atoms with E-state index in [1.807, 2.05) is 18.5 Å². The van der Waals surface area contributed by atoms with Crippen LogP contribution in [-0.2, 0) is 24.9 Å². The van der Waals surface area contributed by atoms with E-state index >= 15 is 0 Å². The topological polar surface area (TPSA) is 76.4 Å². The summed E-state index contributed by atoms with van der Waals surface area (Å²) in [6, 6.07) is 3.35. The lowest BCUT2D eigenvalue weighted by Gasteiger charge is -2.15. The molecular weight excluding hydrogens is 481 g/mol. The highest BCUT2D eigenvalue weighted by molar-refractivity contribution is 14.0. The number of halogens is 3. The van der Waals surface area contributed by atoms with Gasteiger partial charge in [-0.1, -0.05) is 0 Å². The van der Waals surface area contributed by atoms with Gasteiger partial charge in [0.2, 0.25) is 0 Å². The van der Waals surface area contributed by atoms with Crippen molar-refractivity contribution in [3.63, 3.8) is 0 Å². The van der Waals surface area contributed by atoms with Gasteiger partial charge < -0.3 is 19.9 Å². The van der Waals surface area contributed by atoms with Gasteiger partial charge in [0, 0.05) is 25.8 Å². The molecule has 1 aliphatic heterocycles. The van der Waals surface area contributed by atoms with E-state index in [0.717, 1.165) is 49.3 Å². The van der Waals surface area contributed by atoms with Crippen molar-refractivity contribution in [2.24, 2.45) is 12.0 Å². The third-order valence-electron chi connectivity index (χ3n) is 4.53. The van der Waals surface area contributed by atoms with Crippen molar-refractivity contribution in [3.8, 4) is 0 Å². The predicted octanol–water partition coefficient (Wildman–Crippen LogP) is 2.43. The highest BCUT2D eigenvalue weighted by Crippen LogP contribution is 2.12. The fourth-order valence-electron chi connectivity index (χ4n) is 2.79. The number of ether oxygens (including phenoxy) is 1. The summed E-state index contributed by atoms with van der Waals surface area (Å²) in [5, 5.41) is 14.5. The number of nitrogens with one attached hydrogen (secondary N) is 2. The molecule has 7 nitrogen and oxygen atoms in total. The number of guanidine groups is 1. The van der Waals surface area contributed by atoms with E-state index in [1.165, 1.54) is 0 Å². The van der Waals surface area contributed by atoms with Crippen LogP contribution < -0.4 is 10.6 Å². The summed E-state index contributed by atoms with van der Waals surface area (Å²) in [6.45, 7) is 3.64. The third kappa shape index (κ3) is 6.09. The van der Waals surface area contributed by atoms with Crippen molar-refractivity contribution in [3.05, 3.63) is 47.0 Å². The van der Waals surface area contributed by atoms with Crippen LogP contribution in [0.1, 0.15) is 30.1 Å². The molecule has 0 radical (unpaired) electrons. The Balaban J connectivity index is 0.00000280. The highest BCUT2D eigenvalue weighted by Gasteiger charge is 2.16. The summed E-state index contributed by atoms with van der Waals surface area (Å²) in [4.78, 5) is 4.38. The predicted molar refractivity (Wildman–Crippen MR) is 112 cm³/mol. The lowest BCUT2D eigenvalue weighted by molar-refractivity contribution is 0.113. The Morgan fingerprint density at radius 1 is 1.32 bits per heavy atom. The molecule has 2 N–H and O–H groups in total. The molecule has 0 bridgehead atoms. The standard InChI is InChI=1S/C18H24F2N6O.HI/c1-12-24-25-17(26(12)2)11-23-18(22-10-15-4-3-7-27-15)21-9-13-8-14(19)5-6-16(13)20;/h5-6,8,15H,3-4,7,9-11H2,1-2H3,(H2,21,22,23);1H. The van der Waals surface area contributed by atoms with Gasteiger partial charge >= 0.3 is 0 Å². The lowest BCUT2D eigenvalue weighted by Crippen LogP contribution is -2.41. The van der Waals surface area contributed by atoms with Crippen LogP contribution in [0.4, 0.5) is 8.78 Å². The molecule has 3 rings (SSSR count). The maximum Gasteiger partial charge on any atom is 0.192 e. The summed E-state index contributed by atoms with van der Waals surface area (Å²) in [7, 11) is 1.88. The van der Waals surface area contributed by atoms with Gasteiger partial charge in [0.1, 0.15) is 17.5 Å². The van der Waals surface area contributed by atoms with Gasteiger partial charge in [-0.05, 0) is 38.0 Å². The highest BCUT2D eigenvalue weighted by atomic mass is 127. The van der Waals surface area contributed by atoms with E-state index in [4.69, 9.17) is 4.74 Å². The Labute approximate surface area is 180 Å². The third-order valence-corrected chi connectivity index (χ3v) is 4.53. The SMILES string of the molecule is Cc1nnc(CNC(=NCc2cc(F)ccc2F)NCC2CCCO2)n1C.I. The number of hydrogen-bond acceptors (Lipinski definition) is 4. The van der Waals surface area contributed by atoms with Gasteiger partial charge in [-0.2, -0.15) is 0 Å². The maximum absolute atomic E-state index is 13.8. The zero-order chi connectivity index (χ0) is 19.2. The molecule has 1 fully saturated rings. The Morgan fingerprint density at radius 3 is 2.82 bits per heavy atom. The lowest BCUT2D eigenvalue weighted by atomic mass is 10.2. The minimum Gasteiger partial charge on any atom is -0.376 e. The molecule has 2 aromatic rings. The molecule has 1 unspecified atom stereocenters. The van der Waals surface area contributed by atoms with Crippen molar-refractivity contribution in [2.75, 3.05) is 13.2 Å². The van der Waals surface area contributed by atoms with Crippen LogP contribution in [0.25, 0.3) is 0 Å². The Bertz CT molecular complexity index is 807. The van der Waals surface area contributed by atoms with E-state index in [9.17, 15) is 8.78 Å². The number of rotatable bonds is 6. The van der Waals surface area contributed by atoms with Gasteiger partial charge in [-0.25, -0.2) is 13.8 Å². The Morgan fingerprint density at radius 2 is 2.14 bits per heavy atom. The van der Waals surface area contributed by atoms with Crippen LogP contribution in [0.3, 0.4) is 0 Å². The van der Waals surface area contributed by atoms with E-state index in [0.29, 0.717) is 19.0 Å². The molecular formula is C18H25F2IN6O. The molecule has 2 heterocycles. The van der Waals surface area contributed by atoms with Gasteiger partial charge in [0.15, 0.2) is 11.8 Å². The van der Waals surface area contributed by atoms with Gasteiger partial charge in [0.05, 0.1) is 19.2 Å². The first-order valence-corrected chi connectivity index (χ1v) is 8.95. The summed E-state index contributed by atoms with van der Waals surface area (Å²) in [5.41, 5.74) is 0.197. The normalized spacial score (nSPS) is 16.7. The largest absolute Gasteiger partial charge is 0.376 e. The second-order valence-electron chi connectivity index (χ2n) is 6.49. The van der Waals surface area contributed by atoms with Crippen molar-refractivity contribution < 1.29 is 13.5 Å². The van der Waals surface area contributed by atoms with Crippen LogP contribution in [0.5, 0.6) is 0 Å². The first-order chi connectivity index (χ1) is 13.0. The molecule has 0 amide bonds. The van der Waals surface area contributed by atoms with E-state index in [1.54, 1.807) is 0 Å². The average Bonchev–Trinajstić information content (AvgIpc) is 3.28. The van der Waals surface area contributed by atoms with Crippen LogP contribution in [0.15, 0.2) is 23.2 Å². The van der Waals surface area contributed by atoms with Crippen molar-refractivity contribution in [1.29, 1.82) is 0 Å². The number of hydrogen-bond donors (Lipinski definition) is 2. The number of aryl methyl sites for hydroxylation is 1. The first kappa shape index (κ1) is 22.5. The molecule has 154 valence electrons. The zero-order valence-corrected chi connectivity index (χ0v) is 18.2. The number of nitrogens with zero attached hydrogens (tertiary/aromatic N) is 4. The van der Waals surface area contributed by atoms with Crippen LogP contribution in [0.2, 0.25) is 0 Å². The van der Waals surface area contributed by atoms with Gasteiger partial charge in [0.25, 0.3) is 0 Å². The minimum atomic E-state index is -0.488. The molecule has 1 saturated heterocycles. The van der Waals surface area contributed by atoms with Crippen molar-refractivity contribution in [2.45, 2.75) is 39.0 Å². The molecule has 1 atom stereocenters. The minimum absolute atomic E-state index is 0. The fraction of sp³-hybridized carbons (Fsp3) is 0.500. The summed E-state index contributed by atoms with van der Waals surface area (Å²) >= 11 is 0. The second-order valence-corrected chi connectivity index (χ2v) is 6.49. The molecule has 0 aliphatic carbocycles. The van der Waals surface area contributed by atoms with Crippen molar-refractivity contribution in [1.82, 2.24) is 25.4 Å². The van der Waals surface area contributed by atoms with Crippen LogP contribution in [-0.4, -0.2) is 40.0 Å². The van der Waals surface area contributed by atoms with Gasteiger partial charge in [-0.15, -0.1) is 34.2 Å². The molecule has 0 saturated carbocycles. The van der Waals surface area contributed by atoms with E-state index in [2.05, 4.69) is 25.8 Å². The molecule has 1 aromatic heterocycles. The Hall–Kier alpha value is -1.82. The summed E-state index contributed by atoms with van der Waals surface area (Å²) in [5.74, 6) is 1.06. The molecule has 28 heavy (non-hydrogen) atoms. The number of benzene rings is 1. The summed E-state index contributed by atoms with van der Waals surface area (Å²) in [6.07, 6.45) is 2.15. The van der Waals surface area contributed by atoms with E-state index in [-0.39, 0.29) is 42.2 Å². The molecule has 0 spiro atoms. The van der Waals surface area contributed by atoms with E-state index < -0.39 is 11.6 Å². The van der Waals surface area contributed by atoms with Crippen LogP contribution in [0, 0.1) is 18.6 Å². The molecule has 1 aliphatic rings. The van der Waals surface area contributed by atoms with Gasteiger partial charge in [-0.3, -0.25) is 0 Å². The quantitative estimate of drug-likeness (QED) is 0.358. The summed E-state index contributed by atoms with van der Waals surface area (Å²) < 4.78 is 34.7. The number of aliphatic imine (C=N–C) groups is 1. The average molecular weight is 506 g/mol. The van der Waals surface area contributed by atoms with Crippen molar-refractivity contribution >= 4 is 29.9 Å². The molecule has 1 aromatic carbocycles. The fourth-order valence-corrected chi connectivity index (χ4v) is 2.79.